The first-order valence-corrected chi connectivity index (χ1v) is 6.53. The van der Waals surface area contributed by atoms with Gasteiger partial charge in [-0.05, 0) is 18.5 Å². The zero-order valence-corrected chi connectivity index (χ0v) is 11.0. The minimum atomic E-state index is -0.252. The number of nitrogens with two attached hydrogens (primary N) is 1. The van der Waals surface area contributed by atoms with Gasteiger partial charge in [-0.1, -0.05) is 37.3 Å². The van der Waals surface area contributed by atoms with Gasteiger partial charge < -0.3 is 16.4 Å². The van der Waals surface area contributed by atoms with E-state index < -0.39 is 0 Å². The van der Waals surface area contributed by atoms with E-state index in [-0.39, 0.29) is 11.8 Å². The van der Waals surface area contributed by atoms with Crippen LogP contribution in [-0.4, -0.2) is 32.1 Å². The Balaban J connectivity index is 2.39. The van der Waals surface area contributed by atoms with Crippen molar-refractivity contribution < 1.29 is 4.79 Å². The van der Waals surface area contributed by atoms with E-state index in [9.17, 15) is 4.79 Å². The molecule has 0 radical (unpaired) electrons. The van der Waals surface area contributed by atoms with Crippen LogP contribution in [0.2, 0.25) is 0 Å². The van der Waals surface area contributed by atoms with Gasteiger partial charge in [0, 0.05) is 19.6 Å². The molecular formula is C14H23N3O. The number of hydrogen-bond acceptors (Lipinski definition) is 3. The van der Waals surface area contributed by atoms with Crippen molar-refractivity contribution in [3.63, 3.8) is 0 Å². The van der Waals surface area contributed by atoms with Gasteiger partial charge in [0.25, 0.3) is 0 Å². The third kappa shape index (κ3) is 4.85. The molecule has 0 bridgehead atoms. The van der Waals surface area contributed by atoms with Gasteiger partial charge in [0.15, 0.2) is 0 Å². The van der Waals surface area contributed by atoms with Gasteiger partial charge in [-0.3, -0.25) is 4.79 Å². The number of amides is 1. The highest BCUT2D eigenvalue weighted by atomic mass is 16.1. The molecule has 1 amide bonds. The zero-order chi connectivity index (χ0) is 13.2. The van der Waals surface area contributed by atoms with Crippen LogP contribution in [0.3, 0.4) is 0 Å². The highest BCUT2D eigenvalue weighted by Gasteiger charge is 2.17. The molecule has 0 fully saturated rings. The summed E-state index contributed by atoms with van der Waals surface area (Å²) >= 11 is 0. The molecule has 100 valence electrons. The van der Waals surface area contributed by atoms with Crippen molar-refractivity contribution >= 4 is 5.91 Å². The van der Waals surface area contributed by atoms with Crippen LogP contribution in [0.1, 0.15) is 24.8 Å². The maximum atomic E-state index is 12.0. The van der Waals surface area contributed by atoms with Crippen molar-refractivity contribution in [2.24, 2.45) is 5.73 Å². The Kier molecular flexibility index (Phi) is 7.06. The molecule has 0 aliphatic rings. The first kappa shape index (κ1) is 14.7. The molecule has 1 rings (SSSR count). The summed E-state index contributed by atoms with van der Waals surface area (Å²) in [6.45, 7) is 4.87. The van der Waals surface area contributed by atoms with Gasteiger partial charge in [0.1, 0.15) is 0 Å². The minimum Gasteiger partial charge on any atom is -0.354 e. The molecule has 0 aromatic heterocycles. The summed E-state index contributed by atoms with van der Waals surface area (Å²) < 4.78 is 0. The van der Waals surface area contributed by atoms with E-state index >= 15 is 0 Å². The Bertz CT molecular complexity index is 340. The van der Waals surface area contributed by atoms with E-state index in [0.29, 0.717) is 13.1 Å². The molecule has 0 spiro atoms. The van der Waals surface area contributed by atoms with E-state index in [2.05, 4.69) is 17.6 Å². The van der Waals surface area contributed by atoms with E-state index in [0.717, 1.165) is 25.1 Å². The smallest absolute Gasteiger partial charge is 0.228 e. The molecule has 1 atom stereocenters. The summed E-state index contributed by atoms with van der Waals surface area (Å²) in [6.07, 6.45) is 1.10. The second kappa shape index (κ2) is 8.66. The Hall–Kier alpha value is -1.39. The fourth-order valence-corrected chi connectivity index (χ4v) is 1.78. The minimum absolute atomic E-state index is 0.00185. The maximum Gasteiger partial charge on any atom is 0.228 e. The molecule has 1 aromatic carbocycles. The first-order chi connectivity index (χ1) is 8.79. The Morgan fingerprint density at radius 2 is 1.94 bits per heavy atom. The number of carbonyl (C=O) groups excluding carboxylic acids is 1. The molecule has 18 heavy (non-hydrogen) atoms. The lowest BCUT2D eigenvalue weighted by molar-refractivity contribution is -0.122. The van der Waals surface area contributed by atoms with Crippen LogP contribution in [0.25, 0.3) is 0 Å². The fraction of sp³-hybridized carbons (Fsp3) is 0.500. The second-order valence-corrected chi connectivity index (χ2v) is 4.24. The summed E-state index contributed by atoms with van der Waals surface area (Å²) in [5.74, 6) is -0.251. The molecule has 4 nitrogen and oxygen atoms in total. The topological polar surface area (TPSA) is 67.1 Å². The van der Waals surface area contributed by atoms with Gasteiger partial charge in [-0.25, -0.2) is 0 Å². The summed E-state index contributed by atoms with van der Waals surface area (Å²) in [6, 6.07) is 9.66. The van der Waals surface area contributed by atoms with Crippen LogP contribution in [0.4, 0.5) is 0 Å². The predicted molar refractivity (Wildman–Crippen MR) is 74.4 cm³/mol. The molecule has 0 aliphatic carbocycles. The highest BCUT2D eigenvalue weighted by molar-refractivity contribution is 5.83. The molecular weight excluding hydrogens is 226 g/mol. The molecule has 4 heteroatoms. The van der Waals surface area contributed by atoms with Gasteiger partial charge in [0.2, 0.25) is 5.91 Å². The van der Waals surface area contributed by atoms with Crippen LogP contribution in [0.5, 0.6) is 0 Å². The molecule has 0 saturated heterocycles. The van der Waals surface area contributed by atoms with Gasteiger partial charge >= 0.3 is 0 Å². The van der Waals surface area contributed by atoms with Gasteiger partial charge in [-0.15, -0.1) is 0 Å². The van der Waals surface area contributed by atoms with Crippen molar-refractivity contribution in [2.75, 3.05) is 26.2 Å². The summed E-state index contributed by atoms with van der Waals surface area (Å²) in [4.78, 5) is 12.0. The average Bonchev–Trinajstić information content (AvgIpc) is 2.40. The quantitative estimate of drug-likeness (QED) is 0.598. The third-order valence-electron chi connectivity index (χ3n) is 2.78. The van der Waals surface area contributed by atoms with Crippen LogP contribution in [0, 0.1) is 0 Å². The van der Waals surface area contributed by atoms with Crippen molar-refractivity contribution in [2.45, 2.75) is 19.3 Å². The Labute approximate surface area is 109 Å². The molecule has 0 saturated carbocycles. The van der Waals surface area contributed by atoms with Crippen LogP contribution in [0.15, 0.2) is 30.3 Å². The standard InChI is InChI=1S/C14H23N3O/c1-2-8-16-9-10-17-14(18)13(11-15)12-6-4-3-5-7-12/h3-7,13,16H,2,8-11,15H2,1H3,(H,17,18). The maximum absolute atomic E-state index is 12.0. The van der Waals surface area contributed by atoms with Crippen molar-refractivity contribution in [3.05, 3.63) is 35.9 Å². The molecule has 1 aromatic rings. The van der Waals surface area contributed by atoms with Gasteiger partial charge in [0.05, 0.1) is 5.92 Å². The van der Waals surface area contributed by atoms with E-state index in [1.165, 1.54) is 0 Å². The lowest BCUT2D eigenvalue weighted by Crippen LogP contribution is -2.37. The van der Waals surface area contributed by atoms with E-state index in [1.807, 2.05) is 30.3 Å². The fourth-order valence-electron chi connectivity index (χ4n) is 1.78. The van der Waals surface area contributed by atoms with Gasteiger partial charge in [-0.2, -0.15) is 0 Å². The predicted octanol–water partition coefficient (Wildman–Crippen LogP) is 0.845. The second-order valence-electron chi connectivity index (χ2n) is 4.24. The van der Waals surface area contributed by atoms with E-state index in [1.54, 1.807) is 0 Å². The molecule has 0 aliphatic heterocycles. The molecule has 1 unspecified atom stereocenters. The van der Waals surface area contributed by atoms with Crippen molar-refractivity contribution in [3.8, 4) is 0 Å². The Morgan fingerprint density at radius 3 is 2.56 bits per heavy atom. The summed E-state index contributed by atoms with van der Waals surface area (Å²) in [7, 11) is 0. The lowest BCUT2D eigenvalue weighted by Gasteiger charge is -2.15. The largest absolute Gasteiger partial charge is 0.354 e. The van der Waals surface area contributed by atoms with Crippen molar-refractivity contribution in [1.82, 2.24) is 10.6 Å². The molecule has 0 heterocycles. The Morgan fingerprint density at radius 1 is 1.22 bits per heavy atom. The summed E-state index contributed by atoms with van der Waals surface area (Å²) in [5.41, 5.74) is 6.65. The van der Waals surface area contributed by atoms with Crippen LogP contribution in [-0.2, 0) is 4.79 Å². The number of nitrogens with one attached hydrogen (secondary N) is 2. The summed E-state index contributed by atoms with van der Waals surface area (Å²) in [5, 5.41) is 6.15. The number of hydrogen-bond donors (Lipinski definition) is 3. The highest BCUT2D eigenvalue weighted by Crippen LogP contribution is 2.13. The number of carbonyl (C=O) groups is 1. The first-order valence-electron chi connectivity index (χ1n) is 6.53. The van der Waals surface area contributed by atoms with Crippen LogP contribution >= 0.6 is 0 Å². The zero-order valence-electron chi connectivity index (χ0n) is 11.0. The third-order valence-corrected chi connectivity index (χ3v) is 2.78. The normalized spacial score (nSPS) is 12.1. The van der Waals surface area contributed by atoms with E-state index in [4.69, 9.17) is 5.73 Å². The van der Waals surface area contributed by atoms with Crippen molar-refractivity contribution in [1.29, 1.82) is 0 Å². The number of benzene rings is 1. The SMILES string of the molecule is CCCNCCNC(=O)C(CN)c1ccccc1. The molecule has 4 N–H and O–H groups in total. The monoisotopic (exact) mass is 249 g/mol. The van der Waals surface area contributed by atoms with Crippen LogP contribution < -0.4 is 16.4 Å². The number of rotatable bonds is 8. The average molecular weight is 249 g/mol. The lowest BCUT2D eigenvalue weighted by atomic mass is 9.98.